The number of carbonyl (C=O) groups is 2. The third kappa shape index (κ3) is 3.58. The Bertz CT molecular complexity index is 578. The summed E-state index contributed by atoms with van der Waals surface area (Å²) in [6.07, 6.45) is 2.10. The Balaban J connectivity index is 2.10. The molecule has 0 saturated carbocycles. The lowest BCUT2D eigenvalue weighted by Crippen LogP contribution is -2.21. The van der Waals surface area contributed by atoms with Gasteiger partial charge in [0, 0.05) is 17.5 Å². The van der Waals surface area contributed by atoms with Crippen molar-refractivity contribution in [3.05, 3.63) is 71.8 Å². The summed E-state index contributed by atoms with van der Waals surface area (Å²) in [5.74, 6) is 0.0246. The van der Waals surface area contributed by atoms with E-state index in [0.29, 0.717) is 11.1 Å². The SMILES string of the molecule is CSC(CC(=O)c1ccccc1)C(=O)c1ccccc1. The topological polar surface area (TPSA) is 34.1 Å². The molecule has 2 rings (SSSR count). The van der Waals surface area contributed by atoms with Crippen molar-refractivity contribution in [2.24, 2.45) is 0 Å². The molecule has 0 radical (unpaired) electrons. The van der Waals surface area contributed by atoms with E-state index in [1.165, 1.54) is 11.8 Å². The number of hydrogen-bond acceptors (Lipinski definition) is 3. The molecule has 0 aliphatic rings. The quantitative estimate of drug-likeness (QED) is 0.755. The molecule has 0 heterocycles. The van der Waals surface area contributed by atoms with Crippen LogP contribution in [0, 0.1) is 0 Å². The summed E-state index contributed by atoms with van der Waals surface area (Å²) in [7, 11) is 0. The first-order chi connectivity index (χ1) is 9.72. The van der Waals surface area contributed by atoms with Crippen molar-refractivity contribution < 1.29 is 9.59 Å². The van der Waals surface area contributed by atoms with Crippen LogP contribution in [0.4, 0.5) is 0 Å². The highest BCUT2D eigenvalue weighted by Crippen LogP contribution is 2.19. The maximum absolute atomic E-state index is 12.4. The Hall–Kier alpha value is -1.87. The zero-order valence-corrected chi connectivity index (χ0v) is 12.1. The van der Waals surface area contributed by atoms with Gasteiger partial charge in [0.15, 0.2) is 11.6 Å². The zero-order valence-electron chi connectivity index (χ0n) is 11.3. The Morgan fingerprint density at radius 3 is 1.90 bits per heavy atom. The molecule has 0 bridgehead atoms. The normalized spacial score (nSPS) is 11.8. The van der Waals surface area contributed by atoms with Gasteiger partial charge in [0.1, 0.15) is 0 Å². The lowest BCUT2D eigenvalue weighted by molar-refractivity contribution is 0.0924. The maximum Gasteiger partial charge on any atom is 0.176 e. The Morgan fingerprint density at radius 2 is 1.40 bits per heavy atom. The van der Waals surface area contributed by atoms with Crippen LogP contribution in [-0.4, -0.2) is 23.1 Å². The van der Waals surface area contributed by atoms with Gasteiger partial charge in [-0.05, 0) is 6.26 Å². The number of Topliss-reactive ketones (excluding diaryl/α,β-unsaturated/α-hetero) is 2. The fraction of sp³-hybridized carbons (Fsp3) is 0.176. The molecule has 0 saturated heterocycles. The van der Waals surface area contributed by atoms with Crippen molar-refractivity contribution in [1.82, 2.24) is 0 Å². The second-order valence-electron chi connectivity index (χ2n) is 4.45. The van der Waals surface area contributed by atoms with Crippen molar-refractivity contribution in [1.29, 1.82) is 0 Å². The second-order valence-corrected chi connectivity index (χ2v) is 5.49. The minimum atomic E-state index is -0.329. The van der Waals surface area contributed by atoms with Gasteiger partial charge in [0.05, 0.1) is 5.25 Å². The van der Waals surface area contributed by atoms with Gasteiger partial charge in [-0.3, -0.25) is 9.59 Å². The molecule has 0 aliphatic heterocycles. The van der Waals surface area contributed by atoms with E-state index >= 15 is 0 Å². The first-order valence-corrected chi connectivity index (χ1v) is 7.71. The van der Waals surface area contributed by atoms with E-state index in [-0.39, 0.29) is 23.2 Å². The molecule has 3 heteroatoms. The number of carbonyl (C=O) groups excluding carboxylic acids is 2. The summed E-state index contributed by atoms with van der Waals surface area (Å²) in [6.45, 7) is 0. The summed E-state index contributed by atoms with van der Waals surface area (Å²) in [5.41, 5.74) is 1.32. The van der Waals surface area contributed by atoms with Crippen molar-refractivity contribution in [2.75, 3.05) is 6.26 Å². The number of ketones is 2. The van der Waals surface area contributed by atoms with Crippen molar-refractivity contribution in [3.63, 3.8) is 0 Å². The van der Waals surface area contributed by atoms with Crippen LogP contribution in [0.2, 0.25) is 0 Å². The van der Waals surface area contributed by atoms with Crippen molar-refractivity contribution in [2.45, 2.75) is 11.7 Å². The van der Waals surface area contributed by atoms with Crippen LogP contribution in [-0.2, 0) is 0 Å². The predicted octanol–water partition coefficient (Wildman–Crippen LogP) is 3.87. The van der Waals surface area contributed by atoms with E-state index in [0.717, 1.165) is 0 Å². The third-order valence-electron chi connectivity index (χ3n) is 3.10. The standard InChI is InChI=1S/C17H16O2S/c1-20-16(17(19)14-10-6-3-7-11-14)12-15(18)13-8-4-2-5-9-13/h2-11,16H,12H2,1H3. The summed E-state index contributed by atoms with van der Waals surface area (Å²) in [4.78, 5) is 24.6. The van der Waals surface area contributed by atoms with Crippen LogP contribution in [0.5, 0.6) is 0 Å². The Morgan fingerprint density at radius 1 is 0.900 bits per heavy atom. The van der Waals surface area contributed by atoms with Gasteiger partial charge in [0.25, 0.3) is 0 Å². The lowest BCUT2D eigenvalue weighted by Gasteiger charge is -2.12. The smallest absolute Gasteiger partial charge is 0.176 e. The zero-order chi connectivity index (χ0) is 14.4. The lowest BCUT2D eigenvalue weighted by atomic mass is 10.0. The van der Waals surface area contributed by atoms with Crippen LogP contribution in [0.25, 0.3) is 0 Å². The first kappa shape index (κ1) is 14.5. The van der Waals surface area contributed by atoms with Crippen LogP contribution in [0.1, 0.15) is 27.1 Å². The van der Waals surface area contributed by atoms with Crippen molar-refractivity contribution in [3.8, 4) is 0 Å². The fourth-order valence-electron chi connectivity index (χ4n) is 1.98. The number of hydrogen-bond donors (Lipinski definition) is 0. The predicted molar refractivity (Wildman–Crippen MR) is 83.5 cm³/mol. The Labute approximate surface area is 123 Å². The molecule has 0 aliphatic carbocycles. The number of rotatable bonds is 6. The molecule has 0 N–H and O–H groups in total. The van der Waals surface area contributed by atoms with Gasteiger partial charge in [-0.25, -0.2) is 0 Å². The van der Waals surface area contributed by atoms with Crippen LogP contribution in [0.3, 0.4) is 0 Å². The number of thioether (sulfide) groups is 1. The first-order valence-electron chi connectivity index (χ1n) is 6.42. The summed E-state index contributed by atoms with van der Waals surface area (Å²) in [5, 5.41) is -0.329. The molecule has 102 valence electrons. The molecule has 2 aromatic rings. The van der Waals surface area contributed by atoms with E-state index < -0.39 is 0 Å². The highest BCUT2D eigenvalue weighted by Gasteiger charge is 2.22. The molecule has 1 atom stereocenters. The summed E-state index contributed by atoms with van der Waals surface area (Å²) in [6, 6.07) is 18.2. The molecule has 2 nitrogen and oxygen atoms in total. The van der Waals surface area contributed by atoms with Crippen molar-refractivity contribution >= 4 is 23.3 Å². The van der Waals surface area contributed by atoms with Gasteiger partial charge < -0.3 is 0 Å². The van der Waals surface area contributed by atoms with Gasteiger partial charge in [0.2, 0.25) is 0 Å². The monoisotopic (exact) mass is 284 g/mol. The molecule has 20 heavy (non-hydrogen) atoms. The second kappa shape index (κ2) is 7.06. The molecule has 0 aromatic heterocycles. The molecule has 0 amide bonds. The molecule has 2 aromatic carbocycles. The van der Waals surface area contributed by atoms with E-state index in [9.17, 15) is 9.59 Å². The molecule has 1 unspecified atom stereocenters. The van der Waals surface area contributed by atoms with Crippen LogP contribution < -0.4 is 0 Å². The highest BCUT2D eigenvalue weighted by molar-refractivity contribution is 8.00. The molecular formula is C17H16O2S. The summed E-state index contributed by atoms with van der Waals surface area (Å²) >= 11 is 1.43. The van der Waals surface area contributed by atoms with Crippen LogP contribution in [0.15, 0.2) is 60.7 Å². The van der Waals surface area contributed by atoms with Gasteiger partial charge >= 0.3 is 0 Å². The largest absolute Gasteiger partial charge is 0.294 e. The van der Waals surface area contributed by atoms with E-state index in [1.54, 1.807) is 24.3 Å². The van der Waals surface area contributed by atoms with E-state index in [2.05, 4.69) is 0 Å². The fourth-order valence-corrected chi connectivity index (χ4v) is 2.65. The third-order valence-corrected chi connectivity index (χ3v) is 4.05. The minimum Gasteiger partial charge on any atom is -0.294 e. The molecule has 0 spiro atoms. The minimum absolute atomic E-state index is 0.00855. The van der Waals surface area contributed by atoms with Gasteiger partial charge in [-0.2, -0.15) is 11.8 Å². The summed E-state index contributed by atoms with van der Waals surface area (Å²) < 4.78 is 0. The average Bonchev–Trinajstić information content (AvgIpc) is 2.53. The molecule has 0 fully saturated rings. The average molecular weight is 284 g/mol. The van der Waals surface area contributed by atoms with Gasteiger partial charge in [-0.1, -0.05) is 60.7 Å². The Kier molecular flexibility index (Phi) is 5.13. The molecular weight excluding hydrogens is 268 g/mol. The maximum atomic E-state index is 12.4. The van der Waals surface area contributed by atoms with E-state index in [1.807, 2.05) is 42.7 Å². The van der Waals surface area contributed by atoms with E-state index in [4.69, 9.17) is 0 Å². The van der Waals surface area contributed by atoms with Crippen LogP contribution >= 0.6 is 11.8 Å². The number of benzene rings is 2. The highest BCUT2D eigenvalue weighted by atomic mass is 32.2. The van der Waals surface area contributed by atoms with Gasteiger partial charge in [-0.15, -0.1) is 0 Å².